The summed E-state index contributed by atoms with van der Waals surface area (Å²) in [5, 5.41) is 8.87. The molecule has 2 heterocycles. The Balaban J connectivity index is 1.75. The highest BCUT2D eigenvalue weighted by molar-refractivity contribution is 5.70. The molecule has 2 aromatic rings. The molecule has 0 aromatic carbocycles. The van der Waals surface area contributed by atoms with Crippen LogP contribution >= 0.6 is 0 Å². The van der Waals surface area contributed by atoms with Crippen molar-refractivity contribution in [3.8, 4) is 0 Å². The fourth-order valence-electron chi connectivity index (χ4n) is 3.24. The molecule has 0 aliphatic heterocycles. The normalized spacial score (nSPS) is 12.8. The number of imidazole rings is 1. The summed E-state index contributed by atoms with van der Waals surface area (Å²) >= 11 is 0. The van der Waals surface area contributed by atoms with E-state index in [1.165, 1.54) is 23.8 Å². The number of aromatic amines is 1. The van der Waals surface area contributed by atoms with Gasteiger partial charge in [-0.3, -0.25) is 14.3 Å². The Bertz CT molecular complexity index is 821. The van der Waals surface area contributed by atoms with Crippen LogP contribution in [0.3, 0.4) is 0 Å². The molecule has 4 N–H and O–H groups in total. The Kier molecular flexibility index (Phi) is 7.59. The number of fused-ring (bicyclic) bond motifs is 1. The van der Waals surface area contributed by atoms with Gasteiger partial charge in [0.1, 0.15) is 5.82 Å². The van der Waals surface area contributed by atoms with Crippen LogP contribution < -0.4 is 17.0 Å². The average Bonchev–Trinajstić information content (AvgIpc) is 2.95. The topological polar surface area (TPSA) is 119 Å². The zero-order valence-electron chi connectivity index (χ0n) is 15.8. The van der Waals surface area contributed by atoms with Crippen molar-refractivity contribution in [2.24, 2.45) is 19.8 Å². The zero-order chi connectivity index (χ0) is 19.1. The SMILES string of the molecule is Cn1c(CCCCCCCCCC(N)CO)nc2c1c(=O)[nH]c(=O)n2C. The maximum absolute atomic E-state index is 12.0. The first-order valence-electron chi connectivity index (χ1n) is 9.46. The molecule has 0 spiro atoms. The summed E-state index contributed by atoms with van der Waals surface area (Å²) < 4.78 is 3.17. The van der Waals surface area contributed by atoms with Gasteiger partial charge in [-0.15, -0.1) is 0 Å². The maximum Gasteiger partial charge on any atom is 0.329 e. The van der Waals surface area contributed by atoms with Gasteiger partial charge in [0.05, 0.1) is 6.61 Å². The number of hydrogen-bond acceptors (Lipinski definition) is 5. The number of H-pyrrole nitrogens is 1. The average molecular weight is 365 g/mol. The zero-order valence-corrected chi connectivity index (χ0v) is 15.8. The van der Waals surface area contributed by atoms with Crippen molar-refractivity contribution in [2.75, 3.05) is 6.61 Å². The van der Waals surface area contributed by atoms with Gasteiger partial charge in [0.25, 0.3) is 5.56 Å². The summed E-state index contributed by atoms with van der Waals surface area (Å²) in [5.74, 6) is 0.838. The highest BCUT2D eigenvalue weighted by atomic mass is 16.3. The van der Waals surface area contributed by atoms with E-state index in [4.69, 9.17) is 10.8 Å². The predicted octanol–water partition coefficient (Wildman–Crippen LogP) is 0.943. The van der Waals surface area contributed by atoms with Crippen molar-refractivity contribution in [3.05, 3.63) is 26.7 Å². The molecular weight excluding hydrogens is 334 g/mol. The molecule has 2 aromatic heterocycles. The van der Waals surface area contributed by atoms with Crippen molar-refractivity contribution in [1.82, 2.24) is 19.1 Å². The van der Waals surface area contributed by atoms with Crippen molar-refractivity contribution in [3.63, 3.8) is 0 Å². The summed E-state index contributed by atoms with van der Waals surface area (Å²) in [6.45, 7) is 0.0717. The molecule has 0 aliphatic carbocycles. The standard InChI is InChI=1S/C18H31N5O3/c1-22-14(20-16-15(22)17(25)21-18(26)23(16)2)11-9-7-5-3-4-6-8-10-13(19)12-24/h13,24H,3-12,19H2,1-2H3,(H,21,25,26). The van der Waals surface area contributed by atoms with Crippen LogP contribution in [0.25, 0.3) is 11.2 Å². The lowest BCUT2D eigenvalue weighted by Crippen LogP contribution is -2.29. The third kappa shape index (κ3) is 5.04. The molecule has 0 saturated heterocycles. The maximum atomic E-state index is 12.0. The minimum absolute atomic E-state index is 0.0717. The molecule has 1 unspecified atom stereocenters. The van der Waals surface area contributed by atoms with Crippen LogP contribution in [0.15, 0.2) is 9.59 Å². The number of nitrogens with two attached hydrogens (primary N) is 1. The van der Waals surface area contributed by atoms with E-state index in [1.807, 2.05) is 7.05 Å². The Morgan fingerprint density at radius 2 is 1.65 bits per heavy atom. The van der Waals surface area contributed by atoms with Gasteiger partial charge in [0.15, 0.2) is 11.2 Å². The van der Waals surface area contributed by atoms with E-state index in [1.54, 1.807) is 11.6 Å². The second-order valence-electron chi connectivity index (χ2n) is 7.03. The number of rotatable bonds is 11. The Labute approximate surface area is 153 Å². The molecule has 0 amide bonds. The molecule has 0 bridgehead atoms. The minimum atomic E-state index is -0.438. The lowest BCUT2D eigenvalue weighted by atomic mass is 10.1. The van der Waals surface area contributed by atoms with Crippen LogP contribution in [0, 0.1) is 0 Å². The lowest BCUT2D eigenvalue weighted by Gasteiger charge is -2.07. The number of aryl methyl sites for hydroxylation is 3. The molecule has 0 fully saturated rings. The second kappa shape index (κ2) is 9.68. The molecular formula is C18H31N5O3. The number of unbranched alkanes of at least 4 members (excludes halogenated alkanes) is 6. The first-order valence-corrected chi connectivity index (χ1v) is 9.46. The number of nitrogens with zero attached hydrogens (tertiary/aromatic N) is 3. The van der Waals surface area contributed by atoms with E-state index in [0.29, 0.717) is 11.2 Å². The third-order valence-electron chi connectivity index (χ3n) is 4.94. The Morgan fingerprint density at radius 3 is 2.31 bits per heavy atom. The Morgan fingerprint density at radius 1 is 1.04 bits per heavy atom. The summed E-state index contributed by atoms with van der Waals surface area (Å²) in [5.41, 5.74) is 5.74. The van der Waals surface area contributed by atoms with Crippen molar-refractivity contribution >= 4 is 11.2 Å². The molecule has 0 radical (unpaired) electrons. The predicted molar refractivity (Wildman–Crippen MR) is 102 cm³/mol. The smallest absolute Gasteiger partial charge is 0.329 e. The number of aliphatic hydroxyl groups excluding tert-OH is 1. The molecule has 8 nitrogen and oxygen atoms in total. The number of hydrogen-bond donors (Lipinski definition) is 3. The van der Waals surface area contributed by atoms with Crippen LogP contribution in [0.4, 0.5) is 0 Å². The van der Waals surface area contributed by atoms with Crippen LogP contribution in [0.2, 0.25) is 0 Å². The van der Waals surface area contributed by atoms with Crippen molar-refractivity contribution < 1.29 is 5.11 Å². The minimum Gasteiger partial charge on any atom is -0.395 e. The highest BCUT2D eigenvalue weighted by Crippen LogP contribution is 2.14. The second-order valence-corrected chi connectivity index (χ2v) is 7.03. The number of aliphatic hydroxyl groups is 1. The molecule has 2 rings (SSSR count). The quantitative estimate of drug-likeness (QED) is 0.512. The molecule has 1 atom stereocenters. The van der Waals surface area contributed by atoms with Crippen molar-refractivity contribution in [2.45, 2.75) is 63.8 Å². The molecule has 0 aliphatic rings. The number of nitrogens with one attached hydrogen (secondary N) is 1. The molecule has 146 valence electrons. The Hall–Kier alpha value is -1.93. The monoisotopic (exact) mass is 365 g/mol. The first-order chi connectivity index (χ1) is 12.5. The van der Waals surface area contributed by atoms with Crippen LogP contribution in [0.1, 0.15) is 57.2 Å². The van der Waals surface area contributed by atoms with Crippen LogP contribution in [-0.2, 0) is 20.5 Å². The summed E-state index contributed by atoms with van der Waals surface area (Å²) in [6.07, 6.45) is 9.63. The van der Waals surface area contributed by atoms with Gasteiger partial charge in [-0.2, -0.15) is 0 Å². The van der Waals surface area contributed by atoms with Gasteiger partial charge < -0.3 is 15.4 Å². The molecule has 8 heteroatoms. The van der Waals surface area contributed by atoms with Gasteiger partial charge in [-0.05, 0) is 12.8 Å². The van der Waals surface area contributed by atoms with Gasteiger partial charge in [-0.1, -0.05) is 38.5 Å². The summed E-state index contributed by atoms with van der Waals surface area (Å²) in [6, 6.07) is -0.0740. The fraction of sp³-hybridized carbons (Fsp3) is 0.722. The van der Waals surface area contributed by atoms with Gasteiger partial charge in [0.2, 0.25) is 0 Å². The van der Waals surface area contributed by atoms with Crippen molar-refractivity contribution in [1.29, 1.82) is 0 Å². The fourth-order valence-corrected chi connectivity index (χ4v) is 3.24. The van der Waals surface area contributed by atoms with E-state index < -0.39 is 5.69 Å². The van der Waals surface area contributed by atoms with Crippen LogP contribution in [-0.4, -0.2) is 36.9 Å². The van der Waals surface area contributed by atoms with E-state index in [-0.39, 0.29) is 18.2 Å². The molecule has 0 saturated carbocycles. The third-order valence-corrected chi connectivity index (χ3v) is 4.94. The van der Waals surface area contributed by atoms with E-state index in [2.05, 4.69) is 9.97 Å². The van der Waals surface area contributed by atoms with Gasteiger partial charge in [0, 0.05) is 26.6 Å². The van der Waals surface area contributed by atoms with E-state index in [9.17, 15) is 9.59 Å². The summed E-state index contributed by atoms with van der Waals surface area (Å²) in [7, 11) is 3.44. The van der Waals surface area contributed by atoms with Crippen LogP contribution in [0.5, 0.6) is 0 Å². The van der Waals surface area contributed by atoms with E-state index >= 15 is 0 Å². The van der Waals surface area contributed by atoms with Gasteiger partial charge in [-0.25, -0.2) is 9.78 Å². The van der Waals surface area contributed by atoms with E-state index in [0.717, 1.165) is 44.3 Å². The first kappa shape index (κ1) is 20.4. The van der Waals surface area contributed by atoms with Gasteiger partial charge >= 0.3 is 5.69 Å². The summed E-state index contributed by atoms with van der Waals surface area (Å²) in [4.78, 5) is 30.5. The lowest BCUT2D eigenvalue weighted by molar-refractivity contribution is 0.257. The highest BCUT2D eigenvalue weighted by Gasteiger charge is 2.14. The largest absolute Gasteiger partial charge is 0.395 e. The number of aromatic nitrogens is 4. The molecule has 26 heavy (non-hydrogen) atoms.